The minimum Gasteiger partial charge on any atom is -0.388 e. The minimum atomic E-state index is -0.655. The Kier molecular flexibility index (Phi) is 2.41. The molecule has 5 rings (SSSR count). The molecule has 0 aromatic heterocycles. The second-order valence-electron chi connectivity index (χ2n) is 8.17. The van der Waals surface area contributed by atoms with Crippen LogP contribution < -0.4 is 0 Å². The molecule has 0 aromatic carbocycles. The highest BCUT2D eigenvalue weighted by molar-refractivity contribution is 5.83. The van der Waals surface area contributed by atoms with Gasteiger partial charge in [-0.3, -0.25) is 4.79 Å². The maximum Gasteiger partial charge on any atom is 0.228 e. The Balaban J connectivity index is 1.57. The molecule has 1 saturated heterocycles. The molecule has 1 unspecified atom stereocenters. The fourth-order valence-electron chi connectivity index (χ4n) is 5.83. The van der Waals surface area contributed by atoms with Crippen LogP contribution in [0, 0.1) is 23.2 Å². The fraction of sp³-hybridized carbons (Fsp3) is 0.938. The lowest BCUT2D eigenvalue weighted by atomic mass is 9.49. The maximum absolute atomic E-state index is 13.0. The lowest BCUT2D eigenvalue weighted by Gasteiger charge is -2.56. The molecule has 4 saturated carbocycles. The summed E-state index contributed by atoms with van der Waals surface area (Å²) in [6.07, 6.45) is 8.28. The summed E-state index contributed by atoms with van der Waals surface area (Å²) in [6, 6.07) is 0. The standard InChI is InChI=1S/C16H25NO2/c1-15(19)2-3-17(10-15)14(18)16-7-11-4-12(8-16)6-13(5-11)9-16/h11-13,19H,2-10H2,1H3. The predicted octanol–water partition coefficient (Wildman–Crippen LogP) is 2.19. The first-order chi connectivity index (χ1) is 8.96. The molecule has 4 aliphatic carbocycles. The molecule has 1 N–H and O–H groups in total. The van der Waals surface area contributed by atoms with Gasteiger partial charge in [-0.05, 0) is 69.6 Å². The Morgan fingerprint density at radius 3 is 2.05 bits per heavy atom. The number of aliphatic hydroxyl groups is 1. The van der Waals surface area contributed by atoms with E-state index in [1.807, 2.05) is 11.8 Å². The average molecular weight is 263 g/mol. The first kappa shape index (κ1) is 12.2. The second-order valence-corrected chi connectivity index (χ2v) is 8.17. The molecule has 5 aliphatic rings. The quantitative estimate of drug-likeness (QED) is 0.788. The summed E-state index contributed by atoms with van der Waals surface area (Å²) >= 11 is 0. The zero-order valence-corrected chi connectivity index (χ0v) is 11.9. The van der Waals surface area contributed by atoms with Crippen molar-refractivity contribution in [1.82, 2.24) is 4.90 Å². The molecule has 1 atom stereocenters. The Labute approximate surface area is 115 Å². The Hall–Kier alpha value is -0.570. The van der Waals surface area contributed by atoms with Gasteiger partial charge in [-0.1, -0.05) is 0 Å². The van der Waals surface area contributed by atoms with Crippen molar-refractivity contribution in [3.05, 3.63) is 0 Å². The Morgan fingerprint density at radius 2 is 1.63 bits per heavy atom. The number of hydrogen-bond acceptors (Lipinski definition) is 2. The average Bonchev–Trinajstić information content (AvgIpc) is 2.67. The minimum absolute atomic E-state index is 0.0326. The van der Waals surface area contributed by atoms with Gasteiger partial charge < -0.3 is 10.0 Å². The van der Waals surface area contributed by atoms with Crippen LogP contribution in [0.4, 0.5) is 0 Å². The molecule has 19 heavy (non-hydrogen) atoms. The van der Waals surface area contributed by atoms with E-state index >= 15 is 0 Å². The number of carbonyl (C=O) groups is 1. The van der Waals surface area contributed by atoms with E-state index in [1.165, 1.54) is 19.3 Å². The van der Waals surface area contributed by atoms with Crippen LogP contribution in [0.2, 0.25) is 0 Å². The predicted molar refractivity (Wildman–Crippen MR) is 72.4 cm³/mol. The van der Waals surface area contributed by atoms with E-state index in [0.29, 0.717) is 12.5 Å². The molecule has 1 aliphatic heterocycles. The SMILES string of the molecule is CC1(O)CCN(C(=O)C23CC4CC(CC(C4)C2)C3)C1. The largest absolute Gasteiger partial charge is 0.388 e. The van der Waals surface area contributed by atoms with Gasteiger partial charge >= 0.3 is 0 Å². The summed E-state index contributed by atoms with van der Waals surface area (Å²) in [7, 11) is 0. The lowest BCUT2D eigenvalue weighted by Crippen LogP contribution is -2.54. The molecule has 3 heteroatoms. The normalized spacial score (nSPS) is 51.9. The molecule has 106 valence electrons. The van der Waals surface area contributed by atoms with E-state index in [9.17, 15) is 9.90 Å². The monoisotopic (exact) mass is 263 g/mol. The fourth-order valence-corrected chi connectivity index (χ4v) is 5.83. The summed E-state index contributed by atoms with van der Waals surface area (Å²) in [5, 5.41) is 10.1. The van der Waals surface area contributed by atoms with Crippen LogP contribution in [-0.4, -0.2) is 34.6 Å². The van der Waals surface area contributed by atoms with Crippen LogP contribution in [0.3, 0.4) is 0 Å². The van der Waals surface area contributed by atoms with Gasteiger partial charge in [0.2, 0.25) is 5.91 Å². The van der Waals surface area contributed by atoms with Crippen molar-refractivity contribution in [3.63, 3.8) is 0 Å². The first-order valence-electron chi connectivity index (χ1n) is 7.98. The smallest absolute Gasteiger partial charge is 0.228 e. The van der Waals surface area contributed by atoms with Crippen LogP contribution in [0.5, 0.6) is 0 Å². The van der Waals surface area contributed by atoms with Gasteiger partial charge in [0.1, 0.15) is 0 Å². The third-order valence-electron chi connectivity index (χ3n) is 6.23. The first-order valence-corrected chi connectivity index (χ1v) is 7.98. The van der Waals surface area contributed by atoms with Gasteiger partial charge in [-0.2, -0.15) is 0 Å². The molecule has 0 aromatic rings. The van der Waals surface area contributed by atoms with E-state index in [1.54, 1.807) is 0 Å². The summed E-state index contributed by atoms with van der Waals surface area (Å²) in [4.78, 5) is 15.0. The summed E-state index contributed by atoms with van der Waals surface area (Å²) in [5.41, 5.74) is -0.687. The van der Waals surface area contributed by atoms with E-state index in [4.69, 9.17) is 0 Å². The van der Waals surface area contributed by atoms with E-state index in [-0.39, 0.29) is 5.41 Å². The Bertz CT molecular complexity index is 380. The van der Waals surface area contributed by atoms with Crippen molar-refractivity contribution in [1.29, 1.82) is 0 Å². The lowest BCUT2D eigenvalue weighted by molar-refractivity contribution is -0.157. The van der Waals surface area contributed by atoms with Crippen LogP contribution in [-0.2, 0) is 4.79 Å². The van der Waals surface area contributed by atoms with Crippen molar-refractivity contribution < 1.29 is 9.90 Å². The van der Waals surface area contributed by atoms with Crippen LogP contribution >= 0.6 is 0 Å². The van der Waals surface area contributed by atoms with Gasteiger partial charge in [0, 0.05) is 13.1 Å². The third kappa shape index (κ3) is 1.84. The maximum atomic E-state index is 13.0. The van der Waals surface area contributed by atoms with Crippen molar-refractivity contribution in [3.8, 4) is 0 Å². The number of carbonyl (C=O) groups excluding carboxylic acids is 1. The molecule has 0 radical (unpaired) electrons. The van der Waals surface area contributed by atoms with E-state index in [0.717, 1.165) is 50.0 Å². The van der Waals surface area contributed by atoms with Crippen molar-refractivity contribution in [2.75, 3.05) is 13.1 Å². The second kappa shape index (κ2) is 3.75. The van der Waals surface area contributed by atoms with Gasteiger partial charge in [0.05, 0.1) is 11.0 Å². The van der Waals surface area contributed by atoms with Crippen molar-refractivity contribution >= 4 is 5.91 Å². The highest BCUT2D eigenvalue weighted by Crippen LogP contribution is 2.60. The molecular weight excluding hydrogens is 238 g/mol. The number of hydrogen-bond donors (Lipinski definition) is 1. The number of nitrogens with zero attached hydrogens (tertiary/aromatic N) is 1. The van der Waals surface area contributed by atoms with Crippen LogP contribution in [0.1, 0.15) is 51.9 Å². The zero-order valence-electron chi connectivity index (χ0n) is 11.9. The highest BCUT2D eigenvalue weighted by atomic mass is 16.3. The van der Waals surface area contributed by atoms with Gasteiger partial charge in [-0.15, -0.1) is 0 Å². The number of rotatable bonds is 1. The molecule has 4 bridgehead atoms. The highest BCUT2D eigenvalue weighted by Gasteiger charge is 2.56. The van der Waals surface area contributed by atoms with E-state index < -0.39 is 5.60 Å². The zero-order chi connectivity index (χ0) is 13.3. The Morgan fingerprint density at radius 1 is 1.11 bits per heavy atom. The molecule has 1 heterocycles. The van der Waals surface area contributed by atoms with Gasteiger partial charge in [-0.25, -0.2) is 0 Å². The number of β-amino-alcohol motifs (C(OH)–C–C–N with tert-alkyl or cyclic N) is 1. The summed E-state index contributed by atoms with van der Waals surface area (Å²) in [6.45, 7) is 3.17. The number of likely N-dealkylation sites (tertiary alicyclic amines) is 1. The third-order valence-corrected chi connectivity index (χ3v) is 6.23. The van der Waals surface area contributed by atoms with E-state index in [2.05, 4.69) is 0 Å². The van der Waals surface area contributed by atoms with Crippen molar-refractivity contribution in [2.45, 2.75) is 57.5 Å². The van der Waals surface area contributed by atoms with Crippen molar-refractivity contribution in [2.24, 2.45) is 23.2 Å². The summed E-state index contributed by atoms with van der Waals surface area (Å²) < 4.78 is 0. The molecule has 3 nitrogen and oxygen atoms in total. The topological polar surface area (TPSA) is 40.5 Å². The molecular formula is C16H25NO2. The molecule has 0 spiro atoms. The molecule has 1 amide bonds. The summed E-state index contributed by atoms with van der Waals surface area (Å²) in [5.74, 6) is 2.83. The van der Waals surface area contributed by atoms with Gasteiger partial charge in [0.15, 0.2) is 0 Å². The van der Waals surface area contributed by atoms with Crippen LogP contribution in [0.25, 0.3) is 0 Å². The van der Waals surface area contributed by atoms with Gasteiger partial charge in [0.25, 0.3) is 0 Å². The molecule has 5 fully saturated rings. The number of amides is 1. The van der Waals surface area contributed by atoms with Crippen LogP contribution in [0.15, 0.2) is 0 Å².